The SMILES string of the molecule is O=C(NCCF)NCc1cccc(I)c1. The fraction of sp³-hybridized carbons (Fsp3) is 0.300. The first-order valence-corrected chi connectivity index (χ1v) is 5.62. The van der Waals surface area contributed by atoms with E-state index >= 15 is 0 Å². The Morgan fingerprint density at radius 3 is 2.87 bits per heavy atom. The molecular formula is C10H12FIN2O. The fourth-order valence-electron chi connectivity index (χ4n) is 1.05. The summed E-state index contributed by atoms with van der Waals surface area (Å²) >= 11 is 2.21. The van der Waals surface area contributed by atoms with Gasteiger partial charge in [-0.15, -0.1) is 0 Å². The molecule has 2 amide bonds. The third kappa shape index (κ3) is 4.96. The van der Waals surface area contributed by atoms with Gasteiger partial charge in [0.1, 0.15) is 6.67 Å². The zero-order valence-corrected chi connectivity index (χ0v) is 10.3. The van der Waals surface area contributed by atoms with Crippen LogP contribution < -0.4 is 10.6 Å². The van der Waals surface area contributed by atoms with Crippen LogP contribution in [-0.4, -0.2) is 19.3 Å². The van der Waals surface area contributed by atoms with Gasteiger partial charge in [0.05, 0.1) is 0 Å². The van der Waals surface area contributed by atoms with Crippen molar-refractivity contribution in [1.82, 2.24) is 10.6 Å². The molecule has 15 heavy (non-hydrogen) atoms. The van der Waals surface area contributed by atoms with E-state index in [-0.39, 0.29) is 12.6 Å². The number of urea groups is 1. The van der Waals surface area contributed by atoms with Crippen LogP contribution in [0.25, 0.3) is 0 Å². The van der Waals surface area contributed by atoms with Gasteiger partial charge in [-0.3, -0.25) is 0 Å². The molecule has 0 fully saturated rings. The van der Waals surface area contributed by atoms with Crippen LogP contribution in [0.1, 0.15) is 5.56 Å². The molecular weight excluding hydrogens is 310 g/mol. The molecule has 3 nitrogen and oxygen atoms in total. The first-order valence-electron chi connectivity index (χ1n) is 4.54. The average molecular weight is 322 g/mol. The molecule has 0 saturated carbocycles. The smallest absolute Gasteiger partial charge is 0.315 e. The number of alkyl halides is 1. The minimum atomic E-state index is -0.545. The molecule has 0 atom stereocenters. The summed E-state index contributed by atoms with van der Waals surface area (Å²) in [6.07, 6.45) is 0. The Morgan fingerprint density at radius 2 is 2.20 bits per heavy atom. The standard InChI is InChI=1S/C10H12FIN2O/c11-4-5-13-10(15)14-7-8-2-1-3-9(12)6-8/h1-3,6H,4-5,7H2,(H2,13,14,15). The van der Waals surface area contributed by atoms with Gasteiger partial charge in [-0.1, -0.05) is 12.1 Å². The summed E-state index contributed by atoms with van der Waals surface area (Å²) in [4.78, 5) is 11.1. The van der Waals surface area contributed by atoms with Gasteiger partial charge in [-0.25, -0.2) is 9.18 Å². The molecule has 1 aromatic rings. The number of rotatable bonds is 4. The number of hydrogen-bond acceptors (Lipinski definition) is 1. The molecule has 0 heterocycles. The Morgan fingerprint density at radius 1 is 1.40 bits per heavy atom. The largest absolute Gasteiger partial charge is 0.336 e. The highest BCUT2D eigenvalue weighted by molar-refractivity contribution is 14.1. The van der Waals surface area contributed by atoms with Crippen LogP contribution in [0.15, 0.2) is 24.3 Å². The number of hydrogen-bond donors (Lipinski definition) is 2. The monoisotopic (exact) mass is 322 g/mol. The number of amides is 2. The van der Waals surface area contributed by atoms with Crippen molar-refractivity contribution in [2.24, 2.45) is 0 Å². The summed E-state index contributed by atoms with van der Waals surface area (Å²) in [5.41, 5.74) is 1.03. The highest BCUT2D eigenvalue weighted by Gasteiger charge is 1.99. The first-order chi connectivity index (χ1) is 7.22. The summed E-state index contributed by atoms with van der Waals surface area (Å²) in [6.45, 7) is -0.0379. The van der Waals surface area contributed by atoms with Gasteiger partial charge >= 0.3 is 6.03 Å². The first kappa shape index (κ1) is 12.2. The van der Waals surface area contributed by atoms with E-state index < -0.39 is 6.67 Å². The van der Waals surface area contributed by atoms with E-state index in [4.69, 9.17) is 0 Å². The van der Waals surface area contributed by atoms with Gasteiger partial charge in [0.2, 0.25) is 0 Å². The van der Waals surface area contributed by atoms with Crippen molar-refractivity contribution in [3.8, 4) is 0 Å². The maximum atomic E-state index is 11.7. The van der Waals surface area contributed by atoms with Crippen molar-refractivity contribution in [3.63, 3.8) is 0 Å². The molecule has 82 valence electrons. The second-order valence-electron chi connectivity index (χ2n) is 2.93. The van der Waals surface area contributed by atoms with Crippen LogP contribution in [-0.2, 0) is 6.54 Å². The van der Waals surface area contributed by atoms with E-state index in [2.05, 4.69) is 33.2 Å². The van der Waals surface area contributed by atoms with E-state index in [0.29, 0.717) is 6.54 Å². The summed E-state index contributed by atoms with van der Waals surface area (Å²) < 4.78 is 12.8. The summed E-state index contributed by atoms with van der Waals surface area (Å²) in [5.74, 6) is 0. The van der Waals surface area contributed by atoms with Crippen LogP contribution in [0.3, 0.4) is 0 Å². The minimum Gasteiger partial charge on any atom is -0.336 e. The third-order valence-electron chi connectivity index (χ3n) is 1.72. The van der Waals surface area contributed by atoms with Crippen LogP contribution in [0, 0.1) is 3.57 Å². The molecule has 0 saturated heterocycles. The number of carbonyl (C=O) groups is 1. The molecule has 0 spiro atoms. The second kappa shape index (κ2) is 6.60. The predicted molar refractivity (Wildman–Crippen MR) is 65.4 cm³/mol. The zero-order chi connectivity index (χ0) is 11.1. The van der Waals surface area contributed by atoms with Gasteiger partial charge in [0.25, 0.3) is 0 Å². The lowest BCUT2D eigenvalue weighted by atomic mass is 10.2. The number of halogens is 2. The highest BCUT2D eigenvalue weighted by atomic mass is 127. The molecule has 0 aliphatic rings. The molecule has 0 aliphatic carbocycles. The maximum Gasteiger partial charge on any atom is 0.315 e. The van der Waals surface area contributed by atoms with Gasteiger partial charge in [-0.05, 0) is 40.3 Å². The average Bonchev–Trinajstić information content (AvgIpc) is 2.23. The van der Waals surface area contributed by atoms with Crippen LogP contribution >= 0.6 is 22.6 Å². The minimum absolute atomic E-state index is 0.0537. The topological polar surface area (TPSA) is 41.1 Å². The summed E-state index contributed by atoms with van der Waals surface area (Å²) in [5, 5.41) is 5.03. The Bertz CT molecular complexity index is 333. The Kier molecular flexibility index (Phi) is 5.38. The lowest BCUT2D eigenvalue weighted by Gasteiger charge is -2.06. The van der Waals surface area contributed by atoms with Gasteiger partial charge < -0.3 is 10.6 Å². The molecule has 0 aliphatic heterocycles. The fourth-order valence-corrected chi connectivity index (χ4v) is 1.66. The summed E-state index contributed by atoms with van der Waals surface area (Å²) in [6, 6.07) is 7.48. The molecule has 1 aromatic carbocycles. The number of carbonyl (C=O) groups excluding carboxylic acids is 1. The van der Waals surface area contributed by atoms with Crippen molar-refractivity contribution >= 4 is 28.6 Å². The third-order valence-corrected chi connectivity index (χ3v) is 2.39. The second-order valence-corrected chi connectivity index (χ2v) is 4.17. The summed E-state index contributed by atoms with van der Waals surface area (Å²) in [7, 11) is 0. The van der Waals surface area contributed by atoms with Gasteiger partial charge in [-0.2, -0.15) is 0 Å². The number of nitrogens with one attached hydrogen (secondary N) is 2. The molecule has 0 unspecified atom stereocenters. The van der Waals surface area contributed by atoms with Crippen molar-refractivity contribution < 1.29 is 9.18 Å². The number of benzene rings is 1. The van der Waals surface area contributed by atoms with Crippen LogP contribution in [0.2, 0.25) is 0 Å². The Hall–Kier alpha value is -0.850. The van der Waals surface area contributed by atoms with Gasteiger partial charge in [0.15, 0.2) is 0 Å². The lowest BCUT2D eigenvalue weighted by Crippen LogP contribution is -2.36. The van der Waals surface area contributed by atoms with E-state index in [9.17, 15) is 9.18 Å². The van der Waals surface area contributed by atoms with Crippen molar-refractivity contribution in [2.75, 3.05) is 13.2 Å². The molecule has 2 N–H and O–H groups in total. The van der Waals surface area contributed by atoms with E-state index in [0.717, 1.165) is 9.13 Å². The normalized spacial score (nSPS) is 9.73. The Balaban J connectivity index is 2.33. The Labute approximate surface area is 102 Å². The van der Waals surface area contributed by atoms with Gasteiger partial charge in [0, 0.05) is 16.7 Å². The van der Waals surface area contributed by atoms with E-state index in [1.54, 1.807) is 0 Å². The quantitative estimate of drug-likeness (QED) is 0.819. The van der Waals surface area contributed by atoms with Crippen molar-refractivity contribution in [2.45, 2.75) is 6.54 Å². The molecule has 0 aromatic heterocycles. The molecule has 0 radical (unpaired) electrons. The molecule has 1 rings (SSSR count). The zero-order valence-electron chi connectivity index (χ0n) is 8.09. The van der Waals surface area contributed by atoms with E-state index in [1.165, 1.54) is 0 Å². The highest BCUT2D eigenvalue weighted by Crippen LogP contribution is 2.07. The maximum absolute atomic E-state index is 11.7. The van der Waals surface area contributed by atoms with E-state index in [1.807, 2.05) is 24.3 Å². The molecule has 5 heteroatoms. The van der Waals surface area contributed by atoms with Crippen molar-refractivity contribution in [1.29, 1.82) is 0 Å². The van der Waals surface area contributed by atoms with Crippen molar-refractivity contribution in [3.05, 3.63) is 33.4 Å². The molecule has 0 bridgehead atoms. The van der Waals surface area contributed by atoms with Crippen LogP contribution in [0.5, 0.6) is 0 Å². The lowest BCUT2D eigenvalue weighted by molar-refractivity contribution is 0.239. The predicted octanol–water partition coefficient (Wildman–Crippen LogP) is 2.06. The van der Waals surface area contributed by atoms with Crippen LogP contribution in [0.4, 0.5) is 9.18 Å².